The van der Waals surface area contributed by atoms with E-state index in [0.717, 1.165) is 21.2 Å². The van der Waals surface area contributed by atoms with Crippen LogP contribution in [0.15, 0.2) is 51.5 Å². The van der Waals surface area contributed by atoms with Crippen LogP contribution in [-0.2, 0) is 0 Å². The van der Waals surface area contributed by atoms with Crippen LogP contribution >= 0.6 is 15.9 Å². The fraction of sp³-hybridized carbons (Fsp3) is 0.0625. The first-order chi connectivity index (χ1) is 10.2. The largest absolute Gasteiger partial charge is 0.334 e. The van der Waals surface area contributed by atoms with Gasteiger partial charge in [-0.05, 0) is 48.9 Å². The van der Waals surface area contributed by atoms with Gasteiger partial charge in [-0.1, -0.05) is 27.2 Å². The van der Waals surface area contributed by atoms with Gasteiger partial charge in [0.05, 0.1) is 11.6 Å². The van der Waals surface area contributed by atoms with Gasteiger partial charge in [-0.2, -0.15) is 10.2 Å². The molecule has 5 heteroatoms. The van der Waals surface area contributed by atoms with E-state index in [1.165, 1.54) is 0 Å². The summed E-state index contributed by atoms with van der Waals surface area (Å²) in [5.41, 5.74) is 3.28. The summed E-state index contributed by atoms with van der Waals surface area (Å²) in [5.74, 6) is 0.946. The SMILES string of the molecule is Cc1cc(Br)ccc1-c1noc(-c2cccc(C#N)c2)n1. The Morgan fingerprint density at radius 2 is 2.05 bits per heavy atom. The maximum absolute atomic E-state index is 8.93. The van der Waals surface area contributed by atoms with Crippen molar-refractivity contribution in [1.29, 1.82) is 5.26 Å². The second-order valence-corrected chi connectivity index (χ2v) is 5.49. The molecule has 2 aromatic carbocycles. The average Bonchev–Trinajstić information content (AvgIpc) is 2.97. The fourth-order valence-corrected chi connectivity index (χ4v) is 2.53. The third-order valence-electron chi connectivity index (χ3n) is 3.09. The van der Waals surface area contributed by atoms with E-state index in [2.05, 4.69) is 32.1 Å². The lowest BCUT2D eigenvalue weighted by atomic mass is 10.1. The van der Waals surface area contributed by atoms with Gasteiger partial charge in [0.25, 0.3) is 5.89 Å². The number of hydrogen-bond acceptors (Lipinski definition) is 4. The van der Waals surface area contributed by atoms with E-state index in [1.807, 2.05) is 31.2 Å². The van der Waals surface area contributed by atoms with Crippen molar-refractivity contribution < 1.29 is 4.52 Å². The molecule has 0 amide bonds. The van der Waals surface area contributed by atoms with Gasteiger partial charge in [0, 0.05) is 15.6 Å². The molecule has 0 spiro atoms. The zero-order chi connectivity index (χ0) is 14.8. The van der Waals surface area contributed by atoms with Crippen LogP contribution in [0, 0.1) is 18.3 Å². The van der Waals surface area contributed by atoms with Crippen molar-refractivity contribution in [3.05, 3.63) is 58.1 Å². The van der Waals surface area contributed by atoms with Crippen molar-refractivity contribution in [3.8, 4) is 28.9 Å². The molecule has 21 heavy (non-hydrogen) atoms. The smallest absolute Gasteiger partial charge is 0.258 e. The van der Waals surface area contributed by atoms with Gasteiger partial charge >= 0.3 is 0 Å². The predicted molar refractivity (Wildman–Crippen MR) is 82.3 cm³/mol. The number of nitriles is 1. The minimum absolute atomic E-state index is 0.407. The van der Waals surface area contributed by atoms with Crippen molar-refractivity contribution in [2.24, 2.45) is 0 Å². The van der Waals surface area contributed by atoms with Gasteiger partial charge in [-0.25, -0.2) is 0 Å². The normalized spacial score (nSPS) is 10.3. The highest BCUT2D eigenvalue weighted by atomic mass is 79.9. The van der Waals surface area contributed by atoms with Gasteiger partial charge in [0.15, 0.2) is 0 Å². The number of nitrogens with zero attached hydrogens (tertiary/aromatic N) is 3. The first-order valence-corrected chi connectivity index (χ1v) is 7.07. The molecule has 0 aliphatic carbocycles. The summed E-state index contributed by atoms with van der Waals surface area (Å²) in [6, 6.07) is 15.1. The number of benzene rings is 2. The maximum atomic E-state index is 8.93. The molecular weight excluding hydrogens is 330 g/mol. The van der Waals surface area contributed by atoms with Gasteiger partial charge in [0.1, 0.15) is 0 Å². The Kier molecular flexibility index (Phi) is 3.55. The molecule has 3 rings (SSSR count). The minimum Gasteiger partial charge on any atom is -0.334 e. The van der Waals surface area contributed by atoms with E-state index in [-0.39, 0.29) is 0 Å². The summed E-state index contributed by atoms with van der Waals surface area (Å²) in [6.07, 6.45) is 0. The number of aromatic nitrogens is 2. The van der Waals surface area contributed by atoms with Crippen molar-refractivity contribution in [3.63, 3.8) is 0 Å². The van der Waals surface area contributed by atoms with Crippen molar-refractivity contribution in [2.75, 3.05) is 0 Å². The topological polar surface area (TPSA) is 62.7 Å². The predicted octanol–water partition coefficient (Wildman–Crippen LogP) is 4.35. The van der Waals surface area contributed by atoms with E-state index >= 15 is 0 Å². The van der Waals surface area contributed by atoms with Crippen LogP contribution in [0.5, 0.6) is 0 Å². The fourth-order valence-electron chi connectivity index (χ4n) is 2.05. The van der Waals surface area contributed by atoms with Crippen molar-refractivity contribution in [2.45, 2.75) is 6.92 Å². The molecular formula is C16H10BrN3O. The van der Waals surface area contributed by atoms with Gasteiger partial charge in [0.2, 0.25) is 5.82 Å². The number of aryl methyl sites for hydroxylation is 1. The van der Waals surface area contributed by atoms with Crippen LogP contribution < -0.4 is 0 Å². The first kappa shape index (κ1) is 13.5. The van der Waals surface area contributed by atoms with Gasteiger partial charge < -0.3 is 4.52 Å². The Bertz CT molecular complexity index is 849. The van der Waals surface area contributed by atoms with E-state index in [9.17, 15) is 0 Å². The Morgan fingerprint density at radius 3 is 2.81 bits per heavy atom. The number of hydrogen-bond donors (Lipinski definition) is 0. The molecule has 3 aromatic rings. The van der Waals surface area contributed by atoms with Crippen LogP contribution in [0.1, 0.15) is 11.1 Å². The van der Waals surface area contributed by atoms with Crippen LogP contribution in [0.25, 0.3) is 22.8 Å². The number of halogens is 1. The van der Waals surface area contributed by atoms with Crippen LogP contribution in [0.2, 0.25) is 0 Å². The van der Waals surface area contributed by atoms with Crippen LogP contribution in [0.4, 0.5) is 0 Å². The third kappa shape index (κ3) is 2.71. The lowest BCUT2D eigenvalue weighted by molar-refractivity contribution is 0.432. The second-order valence-electron chi connectivity index (χ2n) is 4.57. The third-order valence-corrected chi connectivity index (χ3v) is 3.59. The van der Waals surface area contributed by atoms with Crippen molar-refractivity contribution in [1.82, 2.24) is 10.1 Å². The molecule has 1 heterocycles. The van der Waals surface area contributed by atoms with Crippen LogP contribution in [0.3, 0.4) is 0 Å². The highest BCUT2D eigenvalue weighted by Gasteiger charge is 2.12. The van der Waals surface area contributed by atoms with E-state index in [4.69, 9.17) is 9.78 Å². The Morgan fingerprint density at radius 1 is 1.19 bits per heavy atom. The molecule has 0 radical (unpaired) electrons. The zero-order valence-corrected chi connectivity index (χ0v) is 12.8. The summed E-state index contributed by atoms with van der Waals surface area (Å²) < 4.78 is 6.32. The van der Waals surface area contributed by atoms with Gasteiger partial charge in [-0.15, -0.1) is 0 Å². The molecule has 0 bridgehead atoms. The average molecular weight is 340 g/mol. The van der Waals surface area contributed by atoms with E-state index in [0.29, 0.717) is 17.3 Å². The van der Waals surface area contributed by atoms with E-state index in [1.54, 1.807) is 18.2 Å². The summed E-state index contributed by atoms with van der Waals surface area (Å²) in [7, 11) is 0. The minimum atomic E-state index is 0.407. The quantitative estimate of drug-likeness (QED) is 0.696. The monoisotopic (exact) mass is 339 g/mol. The first-order valence-electron chi connectivity index (χ1n) is 6.28. The zero-order valence-electron chi connectivity index (χ0n) is 11.2. The molecule has 0 unspecified atom stereocenters. The highest BCUT2D eigenvalue weighted by Crippen LogP contribution is 2.26. The summed E-state index contributed by atoms with van der Waals surface area (Å²) in [4.78, 5) is 4.41. The molecule has 0 aliphatic rings. The molecule has 0 fully saturated rings. The Hall–Kier alpha value is -2.45. The summed E-state index contributed by atoms with van der Waals surface area (Å²) in [6.45, 7) is 1.99. The molecule has 4 nitrogen and oxygen atoms in total. The maximum Gasteiger partial charge on any atom is 0.258 e. The standard InChI is InChI=1S/C16H10BrN3O/c1-10-7-13(17)5-6-14(10)15-19-16(21-20-15)12-4-2-3-11(8-12)9-18/h2-8H,1H3. The molecule has 0 saturated heterocycles. The Labute approximate surface area is 130 Å². The molecule has 1 aromatic heterocycles. The lowest BCUT2D eigenvalue weighted by Crippen LogP contribution is -1.86. The van der Waals surface area contributed by atoms with Gasteiger partial charge in [-0.3, -0.25) is 0 Å². The lowest BCUT2D eigenvalue weighted by Gasteiger charge is -2.00. The molecule has 0 N–H and O–H groups in total. The highest BCUT2D eigenvalue weighted by molar-refractivity contribution is 9.10. The van der Waals surface area contributed by atoms with E-state index < -0.39 is 0 Å². The molecule has 0 aliphatic heterocycles. The number of rotatable bonds is 2. The Balaban J connectivity index is 2.02. The summed E-state index contributed by atoms with van der Waals surface area (Å²) >= 11 is 3.43. The molecule has 0 atom stereocenters. The van der Waals surface area contributed by atoms with Crippen LogP contribution in [-0.4, -0.2) is 10.1 Å². The van der Waals surface area contributed by atoms with Crippen molar-refractivity contribution >= 4 is 15.9 Å². The molecule has 102 valence electrons. The second kappa shape index (κ2) is 5.51. The summed E-state index contributed by atoms with van der Waals surface area (Å²) in [5, 5.41) is 13.0. The molecule has 0 saturated carbocycles.